The number of benzene rings is 1. The Morgan fingerprint density at radius 2 is 1.84 bits per heavy atom. The van der Waals surface area contributed by atoms with Crippen molar-refractivity contribution >= 4 is 0 Å². The molecule has 0 spiro atoms. The third-order valence-electron chi connectivity index (χ3n) is 3.27. The zero-order valence-corrected chi connectivity index (χ0v) is 11.9. The summed E-state index contributed by atoms with van der Waals surface area (Å²) in [6.07, 6.45) is 2.20. The Morgan fingerprint density at radius 3 is 2.42 bits per heavy atom. The van der Waals surface area contributed by atoms with Crippen molar-refractivity contribution in [3.8, 4) is 0 Å². The van der Waals surface area contributed by atoms with Crippen molar-refractivity contribution in [3.63, 3.8) is 0 Å². The number of hydrogen-bond acceptors (Lipinski definition) is 2. The fourth-order valence-corrected chi connectivity index (χ4v) is 2.32. The maximum Gasteiger partial charge on any atom is 0.121 e. The van der Waals surface area contributed by atoms with Gasteiger partial charge in [-0.25, -0.2) is 0 Å². The van der Waals surface area contributed by atoms with E-state index in [0.29, 0.717) is 5.92 Å². The topological polar surface area (TPSA) is 38.0 Å². The van der Waals surface area contributed by atoms with Crippen LogP contribution in [-0.4, -0.2) is 14.9 Å². The normalized spacial score (nSPS) is 12.9. The molecule has 1 heterocycles. The molecule has 2 rings (SSSR count). The minimum absolute atomic E-state index is 0.601. The van der Waals surface area contributed by atoms with Gasteiger partial charge in [0, 0.05) is 12.7 Å². The minimum atomic E-state index is -0.601. The molecular weight excluding hydrogens is 236 g/mol. The second-order valence-corrected chi connectivity index (χ2v) is 5.31. The van der Waals surface area contributed by atoms with E-state index in [1.54, 1.807) is 6.20 Å². The average molecular weight is 258 g/mol. The Hall–Kier alpha value is -1.61. The van der Waals surface area contributed by atoms with Crippen LogP contribution in [-0.2, 0) is 13.0 Å². The molecule has 0 aliphatic carbocycles. The summed E-state index contributed by atoms with van der Waals surface area (Å²) in [5.74, 6) is 0.650. The van der Waals surface area contributed by atoms with Gasteiger partial charge < -0.3 is 5.11 Å². The number of aliphatic hydroxyl groups is 1. The van der Waals surface area contributed by atoms with Gasteiger partial charge in [-0.3, -0.25) is 4.68 Å². The predicted octanol–water partition coefficient (Wildman–Crippen LogP) is 3.18. The molecule has 19 heavy (non-hydrogen) atoms. The number of aryl methyl sites for hydroxylation is 1. The fourth-order valence-electron chi connectivity index (χ4n) is 2.32. The van der Waals surface area contributed by atoms with Crippen LogP contribution in [0.15, 0.2) is 36.5 Å². The summed E-state index contributed by atoms with van der Waals surface area (Å²) in [5, 5.41) is 14.6. The van der Waals surface area contributed by atoms with Gasteiger partial charge in [-0.15, -0.1) is 0 Å². The summed E-state index contributed by atoms with van der Waals surface area (Å²) in [6.45, 7) is 7.21. The highest BCUT2D eigenvalue weighted by molar-refractivity contribution is 5.29. The molecule has 102 valence electrons. The number of hydrogen-bond donors (Lipinski definition) is 1. The lowest BCUT2D eigenvalue weighted by atomic mass is 9.99. The molecule has 0 aliphatic heterocycles. The van der Waals surface area contributed by atoms with Gasteiger partial charge in [-0.2, -0.15) is 5.10 Å². The fraction of sp³-hybridized carbons (Fsp3) is 0.438. The molecule has 1 atom stereocenters. The van der Waals surface area contributed by atoms with Crippen molar-refractivity contribution in [2.45, 2.75) is 39.8 Å². The summed E-state index contributed by atoms with van der Waals surface area (Å²) in [7, 11) is 0. The van der Waals surface area contributed by atoms with Crippen LogP contribution < -0.4 is 0 Å². The van der Waals surface area contributed by atoms with E-state index in [0.717, 1.165) is 24.2 Å². The van der Waals surface area contributed by atoms with Gasteiger partial charge in [-0.05, 0) is 36.5 Å². The summed E-state index contributed by atoms with van der Waals surface area (Å²) in [5.41, 5.74) is 3.08. The molecule has 1 N–H and O–H groups in total. The molecular formula is C16H22N2O. The van der Waals surface area contributed by atoms with Gasteiger partial charge in [-0.1, -0.05) is 38.1 Å². The first-order chi connectivity index (χ1) is 9.11. The largest absolute Gasteiger partial charge is 0.382 e. The van der Waals surface area contributed by atoms with Crippen molar-refractivity contribution < 1.29 is 5.11 Å². The van der Waals surface area contributed by atoms with E-state index in [1.165, 1.54) is 5.56 Å². The standard InChI is InChI=1S/C16H22N2O/c1-4-18-15(9-10-17-18)16(19)14-7-5-13(6-8-14)11-12(2)3/h5-10,12,16,19H,4,11H2,1-3H3. The van der Waals surface area contributed by atoms with E-state index in [-0.39, 0.29) is 0 Å². The molecule has 0 fully saturated rings. The quantitative estimate of drug-likeness (QED) is 0.894. The van der Waals surface area contributed by atoms with Crippen LogP contribution in [0.3, 0.4) is 0 Å². The minimum Gasteiger partial charge on any atom is -0.382 e. The van der Waals surface area contributed by atoms with Crippen LogP contribution in [0.4, 0.5) is 0 Å². The smallest absolute Gasteiger partial charge is 0.121 e. The maximum atomic E-state index is 10.4. The molecule has 3 nitrogen and oxygen atoms in total. The lowest BCUT2D eigenvalue weighted by Gasteiger charge is -2.13. The first kappa shape index (κ1) is 13.8. The Morgan fingerprint density at radius 1 is 1.16 bits per heavy atom. The van der Waals surface area contributed by atoms with Gasteiger partial charge >= 0.3 is 0 Å². The third kappa shape index (κ3) is 3.24. The van der Waals surface area contributed by atoms with E-state index >= 15 is 0 Å². The molecule has 0 saturated carbocycles. The van der Waals surface area contributed by atoms with Crippen molar-refractivity contribution in [2.24, 2.45) is 5.92 Å². The molecule has 0 radical (unpaired) electrons. The van der Waals surface area contributed by atoms with Crippen molar-refractivity contribution in [1.29, 1.82) is 0 Å². The molecule has 2 aromatic rings. The summed E-state index contributed by atoms with van der Waals surface area (Å²) in [6, 6.07) is 10.1. The first-order valence-electron chi connectivity index (χ1n) is 6.90. The van der Waals surface area contributed by atoms with Crippen LogP contribution in [0.5, 0.6) is 0 Å². The first-order valence-corrected chi connectivity index (χ1v) is 6.90. The zero-order chi connectivity index (χ0) is 13.8. The van der Waals surface area contributed by atoms with E-state index in [9.17, 15) is 5.11 Å². The Kier molecular flexibility index (Phi) is 4.38. The highest BCUT2D eigenvalue weighted by Crippen LogP contribution is 2.22. The van der Waals surface area contributed by atoms with Crippen LogP contribution in [0.1, 0.15) is 43.7 Å². The molecule has 1 aromatic heterocycles. The van der Waals surface area contributed by atoms with E-state index < -0.39 is 6.10 Å². The lowest BCUT2D eigenvalue weighted by Crippen LogP contribution is -2.09. The lowest BCUT2D eigenvalue weighted by molar-refractivity contribution is 0.208. The zero-order valence-electron chi connectivity index (χ0n) is 11.9. The van der Waals surface area contributed by atoms with E-state index in [1.807, 2.05) is 29.8 Å². The van der Waals surface area contributed by atoms with Crippen molar-refractivity contribution in [3.05, 3.63) is 53.3 Å². The van der Waals surface area contributed by atoms with Crippen LogP contribution >= 0.6 is 0 Å². The molecule has 0 saturated heterocycles. The number of rotatable bonds is 5. The van der Waals surface area contributed by atoms with Gasteiger partial charge in [0.25, 0.3) is 0 Å². The maximum absolute atomic E-state index is 10.4. The molecule has 0 bridgehead atoms. The molecule has 1 aromatic carbocycles. The van der Waals surface area contributed by atoms with Crippen molar-refractivity contribution in [1.82, 2.24) is 9.78 Å². The summed E-state index contributed by atoms with van der Waals surface area (Å²) in [4.78, 5) is 0. The van der Waals surface area contributed by atoms with Gasteiger partial charge in [0.05, 0.1) is 5.69 Å². The number of aliphatic hydroxyl groups excluding tert-OH is 1. The number of aromatic nitrogens is 2. The van der Waals surface area contributed by atoms with Crippen LogP contribution in [0.25, 0.3) is 0 Å². The molecule has 0 amide bonds. The van der Waals surface area contributed by atoms with Gasteiger partial charge in [0.1, 0.15) is 6.10 Å². The molecule has 1 unspecified atom stereocenters. The molecule has 0 aliphatic rings. The monoisotopic (exact) mass is 258 g/mol. The Balaban J connectivity index is 2.18. The van der Waals surface area contributed by atoms with Crippen LogP contribution in [0.2, 0.25) is 0 Å². The van der Waals surface area contributed by atoms with Gasteiger partial charge in [0.2, 0.25) is 0 Å². The third-order valence-corrected chi connectivity index (χ3v) is 3.27. The van der Waals surface area contributed by atoms with Gasteiger partial charge in [0.15, 0.2) is 0 Å². The van der Waals surface area contributed by atoms with E-state index in [4.69, 9.17) is 0 Å². The summed E-state index contributed by atoms with van der Waals surface area (Å²) < 4.78 is 1.83. The number of nitrogens with zero attached hydrogens (tertiary/aromatic N) is 2. The van der Waals surface area contributed by atoms with E-state index in [2.05, 4.69) is 31.1 Å². The predicted molar refractivity (Wildman–Crippen MR) is 76.9 cm³/mol. The van der Waals surface area contributed by atoms with Crippen molar-refractivity contribution in [2.75, 3.05) is 0 Å². The summed E-state index contributed by atoms with van der Waals surface area (Å²) >= 11 is 0. The average Bonchev–Trinajstić information content (AvgIpc) is 2.86. The highest BCUT2D eigenvalue weighted by Gasteiger charge is 2.14. The second kappa shape index (κ2) is 6.02. The SMILES string of the molecule is CCn1nccc1C(O)c1ccc(CC(C)C)cc1. The Bertz CT molecular complexity index is 514. The second-order valence-electron chi connectivity index (χ2n) is 5.31. The highest BCUT2D eigenvalue weighted by atomic mass is 16.3. The van der Waals surface area contributed by atoms with Crippen LogP contribution in [0, 0.1) is 5.92 Å². The molecule has 3 heteroatoms. The Labute approximate surface area is 114 Å².